The molecule has 1 aromatic carbocycles. The van der Waals surface area contributed by atoms with Gasteiger partial charge in [0, 0.05) is 31.7 Å². The minimum atomic E-state index is -0.931. The first-order chi connectivity index (χ1) is 18.6. The molecule has 1 saturated carbocycles. The largest absolute Gasteiger partial charge is 0.478 e. The van der Waals surface area contributed by atoms with Gasteiger partial charge in [0.05, 0.1) is 11.6 Å². The van der Waals surface area contributed by atoms with Crippen LogP contribution in [0.5, 0.6) is 0 Å². The summed E-state index contributed by atoms with van der Waals surface area (Å²) >= 11 is 0. The van der Waals surface area contributed by atoms with Crippen molar-refractivity contribution in [1.82, 2.24) is 14.7 Å². The maximum atomic E-state index is 14.5. The molecule has 2 aliphatic heterocycles. The number of aromatic carboxylic acids is 1. The molecule has 1 saturated heterocycles. The average Bonchev–Trinajstić information content (AvgIpc) is 3.15. The Balaban J connectivity index is 1.70. The second kappa shape index (κ2) is 11.5. The third-order valence-corrected chi connectivity index (χ3v) is 9.58. The van der Waals surface area contributed by atoms with Gasteiger partial charge in [0.1, 0.15) is 5.66 Å². The van der Waals surface area contributed by atoms with Gasteiger partial charge in [0.2, 0.25) is 0 Å². The summed E-state index contributed by atoms with van der Waals surface area (Å²) in [6.45, 7) is 21.6. The molecule has 1 spiro atoms. The number of carboxylic acid groups (broad SMARTS) is 1. The first kappa shape index (κ1) is 30.5. The van der Waals surface area contributed by atoms with E-state index in [4.69, 9.17) is 4.99 Å². The Morgan fingerprint density at radius 1 is 0.975 bits per heavy atom. The summed E-state index contributed by atoms with van der Waals surface area (Å²) in [6, 6.07) is 7.04. The molecular formula is C33H52N4O3. The highest BCUT2D eigenvalue weighted by Gasteiger charge is 2.53. The average molecular weight is 553 g/mol. The smallest absolute Gasteiger partial charge is 0.335 e. The van der Waals surface area contributed by atoms with E-state index < -0.39 is 11.6 Å². The number of piperazine rings is 1. The maximum Gasteiger partial charge on any atom is 0.335 e. The number of hydrogen-bond donors (Lipinski definition) is 1. The molecule has 40 heavy (non-hydrogen) atoms. The van der Waals surface area contributed by atoms with E-state index in [0.717, 1.165) is 70.3 Å². The first-order valence-electron chi connectivity index (χ1n) is 15.4. The Labute approximate surface area is 242 Å². The highest BCUT2D eigenvalue weighted by Crippen LogP contribution is 2.49. The lowest BCUT2D eigenvalue weighted by Crippen LogP contribution is -2.56. The number of aliphatic imine (C=N–C) groups is 1. The van der Waals surface area contributed by atoms with Gasteiger partial charge >= 0.3 is 5.97 Å². The lowest BCUT2D eigenvalue weighted by Gasteiger charge is -2.47. The Bertz CT molecular complexity index is 1080. The van der Waals surface area contributed by atoms with E-state index >= 15 is 0 Å². The second-order valence-electron chi connectivity index (χ2n) is 14.8. The molecule has 2 fully saturated rings. The Morgan fingerprint density at radius 2 is 1.55 bits per heavy atom. The summed E-state index contributed by atoms with van der Waals surface area (Å²) in [5.74, 6) is 0.860. The fourth-order valence-corrected chi connectivity index (χ4v) is 6.90. The van der Waals surface area contributed by atoms with Gasteiger partial charge in [-0.3, -0.25) is 9.69 Å². The molecular weight excluding hydrogens is 500 g/mol. The van der Waals surface area contributed by atoms with E-state index in [1.807, 2.05) is 12.1 Å². The molecule has 7 heteroatoms. The number of amides is 1. The van der Waals surface area contributed by atoms with Crippen molar-refractivity contribution in [2.75, 3.05) is 26.2 Å². The van der Waals surface area contributed by atoms with Crippen molar-refractivity contribution >= 4 is 17.7 Å². The van der Waals surface area contributed by atoms with Gasteiger partial charge in [-0.15, -0.1) is 0 Å². The fourth-order valence-electron chi connectivity index (χ4n) is 6.90. The zero-order chi connectivity index (χ0) is 29.5. The molecule has 0 bridgehead atoms. The van der Waals surface area contributed by atoms with Crippen molar-refractivity contribution in [3.63, 3.8) is 0 Å². The zero-order valence-electron chi connectivity index (χ0n) is 26.2. The highest BCUT2D eigenvalue weighted by molar-refractivity contribution is 6.39. The lowest BCUT2D eigenvalue weighted by atomic mass is 9.69. The van der Waals surface area contributed by atoms with Gasteiger partial charge < -0.3 is 14.9 Å². The fraction of sp³-hybridized carbons (Fsp3) is 0.727. The van der Waals surface area contributed by atoms with Gasteiger partial charge in [0.25, 0.3) is 5.91 Å². The van der Waals surface area contributed by atoms with Crippen LogP contribution in [0.2, 0.25) is 0 Å². The number of carboxylic acids is 1. The first-order valence-corrected chi connectivity index (χ1v) is 15.4. The van der Waals surface area contributed by atoms with Gasteiger partial charge in [-0.2, -0.15) is 0 Å². The van der Waals surface area contributed by atoms with E-state index in [1.54, 1.807) is 12.1 Å². The lowest BCUT2D eigenvalue weighted by molar-refractivity contribution is -0.134. The van der Waals surface area contributed by atoms with Gasteiger partial charge in [0.15, 0.2) is 5.84 Å². The number of nitrogens with zero attached hydrogens (tertiary/aromatic N) is 4. The summed E-state index contributed by atoms with van der Waals surface area (Å²) < 4.78 is 0. The quantitative estimate of drug-likeness (QED) is 0.439. The molecule has 0 unspecified atom stereocenters. The third-order valence-electron chi connectivity index (χ3n) is 9.58. The summed E-state index contributed by atoms with van der Waals surface area (Å²) in [4.78, 5) is 38.3. The molecule has 1 aliphatic carbocycles. The predicted octanol–water partition coefficient (Wildman–Crippen LogP) is 6.45. The van der Waals surface area contributed by atoms with Crippen LogP contribution in [-0.2, 0) is 4.79 Å². The van der Waals surface area contributed by atoms with E-state index in [-0.39, 0.29) is 28.5 Å². The van der Waals surface area contributed by atoms with E-state index in [2.05, 4.69) is 70.1 Å². The number of amidine groups is 1. The highest BCUT2D eigenvalue weighted by atomic mass is 16.4. The van der Waals surface area contributed by atoms with Crippen molar-refractivity contribution in [1.29, 1.82) is 0 Å². The monoisotopic (exact) mass is 552 g/mol. The summed E-state index contributed by atoms with van der Waals surface area (Å²) in [6.07, 6.45) is 5.67. The number of carbonyl (C=O) groups excluding carboxylic acids is 1. The molecule has 2 heterocycles. The maximum absolute atomic E-state index is 14.5. The van der Waals surface area contributed by atoms with Crippen molar-refractivity contribution in [3.05, 3.63) is 35.4 Å². The van der Waals surface area contributed by atoms with Crippen LogP contribution >= 0.6 is 0 Å². The van der Waals surface area contributed by atoms with E-state index in [0.29, 0.717) is 17.7 Å². The number of rotatable bonds is 6. The number of hydrogen-bond acceptors (Lipinski definition) is 5. The minimum absolute atomic E-state index is 0.0504. The van der Waals surface area contributed by atoms with Crippen molar-refractivity contribution in [2.45, 2.75) is 111 Å². The van der Waals surface area contributed by atoms with Gasteiger partial charge in [-0.05, 0) is 94.2 Å². The standard InChI is InChI=1S/C33H52N4O3/c1-23(2)9-14-27(24-10-12-25(13-11-24)30(39)40)37-29(38)28(35-19-21-36(22-20-35)32(6,7)8)34-33(37)17-15-26(16-18-33)31(3,4)5/h10-13,23,26-27H,9,14-22H2,1-8H3,(H,39,40)/t26?,27-,33?/m1/s1. The van der Waals surface area contributed by atoms with Crippen LogP contribution in [0.15, 0.2) is 29.3 Å². The number of benzene rings is 1. The van der Waals surface area contributed by atoms with Crippen molar-refractivity contribution in [3.8, 4) is 0 Å². The molecule has 1 N–H and O–H groups in total. The topological polar surface area (TPSA) is 76.5 Å². The Kier molecular flexibility index (Phi) is 8.75. The SMILES string of the molecule is CC(C)CC[C@H](c1ccc(C(=O)O)cc1)N1C(=O)C(N2CCN(C(C)(C)C)CC2)=NC12CCC(C(C)(C)C)CC2. The minimum Gasteiger partial charge on any atom is -0.478 e. The van der Waals surface area contributed by atoms with Gasteiger partial charge in [-0.25, -0.2) is 9.79 Å². The van der Waals surface area contributed by atoms with Crippen LogP contribution in [-0.4, -0.2) is 74.9 Å². The molecule has 3 aliphatic rings. The van der Waals surface area contributed by atoms with Crippen LogP contribution in [0.1, 0.15) is 116 Å². The molecule has 222 valence electrons. The van der Waals surface area contributed by atoms with Crippen LogP contribution < -0.4 is 0 Å². The molecule has 7 nitrogen and oxygen atoms in total. The van der Waals surface area contributed by atoms with Crippen LogP contribution in [0.25, 0.3) is 0 Å². The summed E-state index contributed by atoms with van der Waals surface area (Å²) in [5.41, 5.74) is 1.08. The van der Waals surface area contributed by atoms with Crippen LogP contribution in [0.4, 0.5) is 0 Å². The van der Waals surface area contributed by atoms with Crippen molar-refractivity contribution in [2.24, 2.45) is 22.2 Å². The molecule has 0 aromatic heterocycles. The second-order valence-corrected chi connectivity index (χ2v) is 14.8. The molecule has 1 atom stereocenters. The molecule has 4 rings (SSSR count). The normalized spacial score (nSPS) is 25.6. The summed E-state index contributed by atoms with van der Waals surface area (Å²) in [7, 11) is 0. The van der Waals surface area contributed by atoms with Gasteiger partial charge in [-0.1, -0.05) is 46.8 Å². The number of carbonyl (C=O) groups is 2. The molecule has 0 radical (unpaired) electrons. The summed E-state index contributed by atoms with van der Waals surface area (Å²) in [5, 5.41) is 9.49. The Morgan fingerprint density at radius 3 is 2.02 bits per heavy atom. The van der Waals surface area contributed by atoms with E-state index in [1.165, 1.54) is 0 Å². The Hall–Kier alpha value is -2.41. The van der Waals surface area contributed by atoms with Crippen LogP contribution in [0.3, 0.4) is 0 Å². The van der Waals surface area contributed by atoms with E-state index in [9.17, 15) is 14.7 Å². The molecule has 1 amide bonds. The predicted molar refractivity (Wildman–Crippen MR) is 162 cm³/mol. The third kappa shape index (κ3) is 6.40. The molecule has 1 aromatic rings. The van der Waals surface area contributed by atoms with Crippen molar-refractivity contribution < 1.29 is 14.7 Å². The van der Waals surface area contributed by atoms with Crippen LogP contribution in [0, 0.1) is 17.3 Å². The zero-order valence-corrected chi connectivity index (χ0v) is 26.2.